The van der Waals surface area contributed by atoms with Crippen molar-refractivity contribution in [2.45, 2.75) is 0 Å². The van der Waals surface area contributed by atoms with Gasteiger partial charge < -0.3 is 5.11 Å². The molecule has 0 fully saturated rings. The van der Waals surface area contributed by atoms with Crippen LogP contribution in [0.2, 0.25) is 10.0 Å². The molecule has 1 heterocycles. The number of halogens is 5. The van der Waals surface area contributed by atoms with Gasteiger partial charge in [-0.05, 0) is 30.3 Å². The topological polar surface area (TPSA) is 50.2 Å². The van der Waals surface area contributed by atoms with E-state index in [0.717, 1.165) is 29.5 Å². The second-order valence-electron chi connectivity index (χ2n) is 6.45. The van der Waals surface area contributed by atoms with E-state index >= 15 is 0 Å². The molecule has 0 aliphatic carbocycles. The SMILES string of the molecule is O=C(O)c1cc(-c2nc(-c3ccc(Cl)c(Cl)c3)cs2)c(F)cc1-c1cccc(F)c1F. The molecule has 156 valence electrons. The number of hydrogen-bond donors (Lipinski definition) is 1. The quantitative estimate of drug-likeness (QED) is 0.328. The van der Waals surface area contributed by atoms with Gasteiger partial charge in [-0.25, -0.2) is 22.9 Å². The molecular weight excluding hydrogens is 470 g/mol. The van der Waals surface area contributed by atoms with Gasteiger partial charge in [0, 0.05) is 27.6 Å². The van der Waals surface area contributed by atoms with Gasteiger partial charge in [-0.3, -0.25) is 0 Å². The van der Waals surface area contributed by atoms with Crippen molar-refractivity contribution in [3.8, 4) is 33.0 Å². The van der Waals surface area contributed by atoms with Crippen LogP contribution in [0.15, 0.2) is 53.9 Å². The van der Waals surface area contributed by atoms with E-state index in [1.165, 1.54) is 12.1 Å². The van der Waals surface area contributed by atoms with Gasteiger partial charge in [0.05, 0.1) is 21.3 Å². The number of aromatic carboxylic acids is 1. The van der Waals surface area contributed by atoms with Crippen LogP contribution in [-0.4, -0.2) is 16.1 Å². The lowest BCUT2D eigenvalue weighted by molar-refractivity contribution is 0.0697. The summed E-state index contributed by atoms with van der Waals surface area (Å²) in [6.07, 6.45) is 0. The fraction of sp³-hybridized carbons (Fsp3) is 0. The average molecular weight is 480 g/mol. The Morgan fingerprint density at radius 1 is 0.903 bits per heavy atom. The molecule has 0 amide bonds. The highest BCUT2D eigenvalue weighted by Gasteiger charge is 2.22. The molecule has 0 spiro atoms. The molecule has 0 bridgehead atoms. The number of carboxylic acids is 1. The molecule has 1 N–H and O–H groups in total. The molecule has 3 aromatic carbocycles. The molecule has 4 rings (SSSR count). The molecule has 0 atom stereocenters. The summed E-state index contributed by atoms with van der Waals surface area (Å²) in [5.74, 6) is -4.65. The lowest BCUT2D eigenvalue weighted by Crippen LogP contribution is -2.03. The van der Waals surface area contributed by atoms with Crippen LogP contribution < -0.4 is 0 Å². The summed E-state index contributed by atoms with van der Waals surface area (Å²) in [7, 11) is 0. The highest BCUT2D eigenvalue weighted by atomic mass is 35.5. The zero-order valence-corrected chi connectivity index (χ0v) is 17.6. The van der Waals surface area contributed by atoms with Crippen molar-refractivity contribution in [3.63, 3.8) is 0 Å². The first kappa shape index (κ1) is 21.4. The predicted octanol–water partition coefficient (Wildman–Crippen LogP) is 7.57. The summed E-state index contributed by atoms with van der Waals surface area (Å²) in [5, 5.41) is 12.2. The highest BCUT2D eigenvalue weighted by Crippen LogP contribution is 2.37. The maximum absolute atomic E-state index is 14.9. The Hall–Kier alpha value is -2.87. The van der Waals surface area contributed by atoms with Crippen molar-refractivity contribution in [1.82, 2.24) is 4.98 Å². The lowest BCUT2D eigenvalue weighted by atomic mass is 9.96. The zero-order valence-electron chi connectivity index (χ0n) is 15.3. The van der Waals surface area contributed by atoms with Crippen LogP contribution in [0.25, 0.3) is 33.0 Å². The number of thiazole rings is 1. The number of rotatable bonds is 4. The largest absolute Gasteiger partial charge is 0.478 e. The summed E-state index contributed by atoms with van der Waals surface area (Å²) >= 11 is 13.0. The Morgan fingerprint density at radius 2 is 1.68 bits per heavy atom. The zero-order chi connectivity index (χ0) is 22.3. The van der Waals surface area contributed by atoms with Gasteiger partial charge in [0.25, 0.3) is 0 Å². The van der Waals surface area contributed by atoms with Crippen molar-refractivity contribution in [3.05, 3.63) is 87.0 Å². The van der Waals surface area contributed by atoms with E-state index in [1.807, 2.05) is 0 Å². The third kappa shape index (κ3) is 4.04. The number of benzene rings is 3. The fourth-order valence-electron chi connectivity index (χ4n) is 3.03. The predicted molar refractivity (Wildman–Crippen MR) is 115 cm³/mol. The molecule has 31 heavy (non-hydrogen) atoms. The fourth-order valence-corrected chi connectivity index (χ4v) is 4.18. The minimum Gasteiger partial charge on any atom is -0.478 e. The van der Waals surface area contributed by atoms with E-state index in [0.29, 0.717) is 21.3 Å². The number of nitrogens with zero attached hydrogens (tertiary/aromatic N) is 1. The van der Waals surface area contributed by atoms with Crippen LogP contribution in [0, 0.1) is 17.5 Å². The van der Waals surface area contributed by atoms with Crippen LogP contribution >= 0.6 is 34.5 Å². The molecule has 0 saturated heterocycles. The van der Waals surface area contributed by atoms with E-state index in [4.69, 9.17) is 23.2 Å². The number of aromatic nitrogens is 1. The Morgan fingerprint density at radius 3 is 2.39 bits per heavy atom. The molecule has 3 nitrogen and oxygen atoms in total. The van der Waals surface area contributed by atoms with E-state index < -0.39 is 23.4 Å². The van der Waals surface area contributed by atoms with Gasteiger partial charge in [-0.1, -0.05) is 41.4 Å². The maximum Gasteiger partial charge on any atom is 0.336 e. The summed E-state index contributed by atoms with van der Waals surface area (Å²) in [6.45, 7) is 0. The van der Waals surface area contributed by atoms with Crippen molar-refractivity contribution in [2.24, 2.45) is 0 Å². The molecule has 0 unspecified atom stereocenters. The lowest BCUT2D eigenvalue weighted by Gasteiger charge is -2.11. The Labute approximate surface area is 188 Å². The second kappa shape index (κ2) is 8.34. The van der Waals surface area contributed by atoms with Crippen molar-refractivity contribution >= 4 is 40.5 Å². The van der Waals surface area contributed by atoms with Crippen molar-refractivity contribution < 1.29 is 23.1 Å². The molecular formula is C22H10Cl2F3NO2S. The molecule has 1 aromatic heterocycles. The number of carboxylic acid groups (broad SMARTS) is 1. The summed E-state index contributed by atoms with van der Waals surface area (Å²) < 4.78 is 42.8. The van der Waals surface area contributed by atoms with Gasteiger partial charge in [-0.2, -0.15) is 0 Å². The minimum absolute atomic E-state index is 0.0747. The second-order valence-corrected chi connectivity index (χ2v) is 8.12. The van der Waals surface area contributed by atoms with Gasteiger partial charge in [0.15, 0.2) is 11.6 Å². The van der Waals surface area contributed by atoms with Crippen LogP contribution in [0.4, 0.5) is 13.2 Å². The molecule has 0 radical (unpaired) electrons. The normalized spacial score (nSPS) is 11.0. The standard InChI is InChI=1S/C22H10Cl2F3NO2S/c23-15-5-4-10(6-16(15)24)19-9-31-21(28-19)14-7-13(22(29)30)12(8-18(14)26)11-2-1-3-17(25)20(11)27/h1-9H,(H,29,30). The van der Waals surface area contributed by atoms with E-state index in [9.17, 15) is 23.1 Å². The van der Waals surface area contributed by atoms with Gasteiger partial charge in [0.2, 0.25) is 0 Å². The highest BCUT2D eigenvalue weighted by molar-refractivity contribution is 7.13. The van der Waals surface area contributed by atoms with Gasteiger partial charge >= 0.3 is 5.97 Å². The van der Waals surface area contributed by atoms with Gasteiger partial charge in [-0.15, -0.1) is 11.3 Å². The van der Waals surface area contributed by atoms with E-state index in [2.05, 4.69) is 4.98 Å². The number of hydrogen-bond acceptors (Lipinski definition) is 3. The average Bonchev–Trinajstić information content (AvgIpc) is 3.21. The first-order valence-electron chi connectivity index (χ1n) is 8.69. The third-order valence-electron chi connectivity index (χ3n) is 4.53. The van der Waals surface area contributed by atoms with Crippen LogP contribution in [0.3, 0.4) is 0 Å². The molecule has 9 heteroatoms. The Kier molecular flexibility index (Phi) is 5.75. The van der Waals surface area contributed by atoms with Crippen LogP contribution in [0.1, 0.15) is 10.4 Å². The van der Waals surface area contributed by atoms with Crippen molar-refractivity contribution in [2.75, 3.05) is 0 Å². The monoisotopic (exact) mass is 479 g/mol. The third-order valence-corrected chi connectivity index (χ3v) is 6.14. The van der Waals surface area contributed by atoms with Crippen LogP contribution in [0.5, 0.6) is 0 Å². The molecule has 0 saturated carbocycles. The van der Waals surface area contributed by atoms with Gasteiger partial charge in [0.1, 0.15) is 10.8 Å². The summed E-state index contributed by atoms with van der Waals surface area (Å²) in [5.41, 5.74) is 0.0660. The smallest absolute Gasteiger partial charge is 0.336 e. The molecule has 0 aliphatic heterocycles. The Balaban J connectivity index is 1.83. The van der Waals surface area contributed by atoms with E-state index in [-0.39, 0.29) is 27.3 Å². The molecule has 4 aromatic rings. The minimum atomic E-state index is -1.42. The van der Waals surface area contributed by atoms with Crippen molar-refractivity contribution in [1.29, 1.82) is 0 Å². The number of carbonyl (C=O) groups is 1. The Bertz CT molecular complexity index is 1340. The van der Waals surface area contributed by atoms with Crippen LogP contribution in [-0.2, 0) is 0 Å². The summed E-state index contributed by atoms with van der Waals surface area (Å²) in [4.78, 5) is 16.2. The van der Waals surface area contributed by atoms with E-state index in [1.54, 1.807) is 23.6 Å². The molecule has 0 aliphatic rings. The summed E-state index contributed by atoms with van der Waals surface area (Å²) in [6, 6.07) is 10.1. The first-order valence-corrected chi connectivity index (χ1v) is 10.3. The first-order chi connectivity index (χ1) is 14.8. The maximum atomic E-state index is 14.9.